The zero-order chi connectivity index (χ0) is 24.7. The molecule has 1 amide bonds. The van der Waals surface area contributed by atoms with Gasteiger partial charge in [-0.15, -0.1) is 0 Å². The number of aliphatic hydroxyl groups is 1. The van der Waals surface area contributed by atoms with Crippen molar-refractivity contribution < 1.29 is 19.0 Å². The summed E-state index contributed by atoms with van der Waals surface area (Å²) in [6, 6.07) is 1.49. The van der Waals surface area contributed by atoms with Gasteiger partial charge in [-0.3, -0.25) is 9.20 Å². The van der Waals surface area contributed by atoms with Gasteiger partial charge in [0.1, 0.15) is 28.5 Å². The number of hydrogen-bond donors (Lipinski definition) is 2. The molecule has 3 N–H and O–H groups in total. The molecule has 1 saturated heterocycles. The first kappa shape index (κ1) is 24.2. The number of nitrogens with zero attached hydrogens (tertiary/aromatic N) is 4. The summed E-state index contributed by atoms with van der Waals surface area (Å²) in [7, 11) is 0. The van der Waals surface area contributed by atoms with Crippen molar-refractivity contribution in [2.24, 2.45) is 0 Å². The van der Waals surface area contributed by atoms with E-state index in [0.29, 0.717) is 47.8 Å². The number of aromatic nitrogens is 3. The maximum Gasteiger partial charge on any atom is 0.260 e. The number of carbonyl (C=O) groups excluding carboxylic acids is 1. The average molecular weight is 490 g/mol. The second-order valence-electron chi connectivity index (χ2n) is 8.99. The van der Waals surface area contributed by atoms with Crippen LogP contribution in [0.25, 0.3) is 5.52 Å². The number of β-amino-alcohol motifs (C(OH)–C–C–N with tert-alkyl or cyclic N) is 1. The van der Waals surface area contributed by atoms with Crippen LogP contribution in [0.4, 0.5) is 10.2 Å². The molecule has 1 aromatic carbocycles. The number of aryl methyl sites for hydroxylation is 1. The van der Waals surface area contributed by atoms with Gasteiger partial charge in [-0.25, -0.2) is 14.4 Å². The summed E-state index contributed by atoms with van der Waals surface area (Å²) in [5.41, 5.74) is 7.76. The molecule has 4 rings (SSSR count). The monoisotopic (exact) mass is 489 g/mol. The molecule has 1 unspecified atom stereocenters. The fourth-order valence-electron chi connectivity index (χ4n) is 4.51. The van der Waals surface area contributed by atoms with Crippen LogP contribution >= 0.6 is 11.6 Å². The average Bonchev–Trinajstić information content (AvgIpc) is 3.13. The molecular weight excluding hydrogens is 461 g/mol. The van der Waals surface area contributed by atoms with E-state index in [1.54, 1.807) is 26.2 Å². The summed E-state index contributed by atoms with van der Waals surface area (Å²) >= 11 is 6.31. The molecule has 34 heavy (non-hydrogen) atoms. The van der Waals surface area contributed by atoms with Gasteiger partial charge in [-0.1, -0.05) is 18.5 Å². The number of likely N-dealkylation sites (tertiary alicyclic amines) is 1. The Balaban J connectivity index is 1.89. The van der Waals surface area contributed by atoms with Crippen molar-refractivity contribution in [2.75, 3.05) is 18.8 Å². The molecule has 0 saturated carbocycles. The molecule has 182 valence electrons. The number of benzene rings is 1. The number of imidazole rings is 1. The Labute approximate surface area is 202 Å². The number of ether oxygens (including phenoxy) is 1. The second-order valence-corrected chi connectivity index (χ2v) is 9.39. The normalized spacial score (nSPS) is 17.4. The van der Waals surface area contributed by atoms with Crippen LogP contribution in [0.5, 0.6) is 5.75 Å². The Morgan fingerprint density at radius 3 is 2.79 bits per heavy atom. The summed E-state index contributed by atoms with van der Waals surface area (Å²) in [6.45, 7) is 7.89. The van der Waals surface area contributed by atoms with E-state index in [1.807, 2.05) is 18.2 Å². The van der Waals surface area contributed by atoms with Crippen LogP contribution in [0.3, 0.4) is 0 Å². The predicted molar refractivity (Wildman–Crippen MR) is 128 cm³/mol. The van der Waals surface area contributed by atoms with Crippen LogP contribution in [-0.2, 0) is 0 Å². The highest BCUT2D eigenvalue weighted by Crippen LogP contribution is 2.40. The molecule has 8 nitrogen and oxygen atoms in total. The molecule has 0 spiro atoms. The first-order chi connectivity index (χ1) is 16.1. The van der Waals surface area contributed by atoms with Crippen LogP contribution in [-0.4, -0.2) is 55.6 Å². The third-order valence-electron chi connectivity index (χ3n) is 6.09. The van der Waals surface area contributed by atoms with Gasteiger partial charge in [0.05, 0.1) is 22.9 Å². The molecule has 1 aliphatic rings. The van der Waals surface area contributed by atoms with Crippen LogP contribution in [0.1, 0.15) is 67.0 Å². The highest BCUT2D eigenvalue weighted by molar-refractivity contribution is 6.31. The molecule has 0 aliphatic carbocycles. The number of rotatable bonds is 5. The number of piperidine rings is 1. The van der Waals surface area contributed by atoms with E-state index in [1.165, 1.54) is 11.0 Å². The zero-order valence-corrected chi connectivity index (χ0v) is 20.4. The van der Waals surface area contributed by atoms with Gasteiger partial charge >= 0.3 is 0 Å². The molecule has 0 radical (unpaired) electrons. The van der Waals surface area contributed by atoms with Crippen molar-refractivity contribution in [3.8, 4) is 5.75 Å². The maximum atomic E-state index is 15.4. The Bertz CT molecular complexity index is 1250. The lowest BCUT2D eigenvalue weighted by atomic mass is 9.95. The highest BCUT2D eigenvalue weighted by Gasteiger charge is 2.33. The van der Waals surface area contributed by atoms with E-state index in [-0.39, 0.29) is 29.0 Å². The number of anilines is 1. The molecule has 0 bridgehead atoms. The Morgan fingerprint density at radius 1 is 1.38 bits per heavy atom. The minimum atomic E-state index is -0.837. The Morgan fingerprint density at radius 2 is 2.12 bits per heavy atom. The van der Waals surface area contributed by atoms with Crippen LogP contribution in [0.15, 0.2) is 18.5 Å². The molecule has 10 heteroatoms. The fourth-order valence-corrected chi connectivity index (χ4v) is 4.73. The van der Waals surface area contributed by atoms with Crippen molar-refractivity contribution in [1.29, 1.82) is 0 Å². The van der Waals surface area contributed by atoms with Crippen LogP contribution < -0.4 is 10.5 Å². The Hall–Kier alpha value is -2.91. The topological polar surface area (TPSA) is 106 Å². The van der Waals surface area contributed by atoms with Gasteiger partial charge in [0, 0.05) is 37.0 Å². The van der Waals surface area contributed by atoms with E-state index in [9.17, 15) is 9.90 Å². The molecular formula is C24H29ClFN5O3. The minimum Gasteiger partial charge on any atom is -0.490 e. The molecule has 1 aliphatic heterocycles. The first-order valence-corrected chi connectivity index (χ1v) is 11.7. The van der Waals surface area contributed by atoms with E-state index >= 15 is 4.39 Å². The molecule has 3 aromatic rings. The van der Waals surface area contributed by atoms with Crippen molar-refractivity contribution in [2.45, 2.75) is 58.7 Å². The quantitative estimate of drug-likeness (QED) is 0.562. The molecule has 3 heterocycles. The van der Waals surface area contributed by atoms with E-state index < -0.39 is 23.7 Å². The van der Waals surface area contributed by atoms with Gasteiger partial charge in [0.25, 0.3) is 5.91 Å². The van der Waals surface area contributed by atoms with Gasteiger partial charge in [-0.05, 0) is 39.7 Å². The van der Waals surface area contributed by atoms with Crippen molar-refractivity contribution in [3.05, 3.63) is 51.9 Å². The summed E-state index contributed by atoms with van der Waals surface area (Å²) in [5, 5.41) is 9.88. The predicted octanol–water partition coefficient (Wildman–Crippen LogP) is 3.95. The summed E-state index contributed by atoms with van der Waals surface area (Å²) in [5.74, 6) is -0.707. The van der Waals surface area contributed by atoms with Crippen LogP contribution in [0, 0.1) is 12.7 Å². The third-order valence-corrected chi connectivity index (χ3v) is 6.37. The fraction of sp³-hybridized carbons (Fsp3) is 0.458. The number of fused-ring (bicyclic) bond motifs is 1. The number of hydrogen-bond acceptors (Lipinski definition) is 6. The van der Waals surface area contributed by atoms with Crippen LogP contribution in [0.2, 0.25) is 5.02 Å². The lowest BCUT2D eigenvalue weighted by Gasteiger charge is -2.31. The Kier molecular flexibility index (Phi) is 6.69. The third kappa shape index (κ3) is 4.30. The number of nitrogens with two attached hydrogens (primary N) is 1. The largest absolute Gasteiger partial charge is 0.490 e. The lowest BCUT2D eigenvalue weighted by Crippen LogP contribution is -2.42. The summed E-state index contributed by atoms with van der Waals surface area (Å²) < 4.78 is 23.3. The van der Waals surface area contributed by atoms with E-state index in [2.05, 4.69) is 4.98 Å². The number of halogens is 2. The highest BCUT2D eigenvalue weighted by atomic mass is 35.5. The van der Waals surface area contributed by atoms with Crippen molar-refractivity contribution >= 4 is 28.8 Å². The number of carbonyl (C=O) groups is 1. The SMILES string of the molecule is Cc1nc(C(C)c2cc(Cl)c(F)c(C(=O)N3CCC[C@H](O)C3)c2OC(C)C)n2ccnc(N)c12. The summed E-state index contributed by atoms with van der Waals surface area (Å²) in [6.07, 6.45) is 3.60. The van der Waals surface area contributed by atoms with Crippen molar-refractivity contribution in [3.63, 3.8) is 0 Å². The van der Waals surface area contributed by atoms with Crippen molar-refractivity contribution in [1.82, 2.24) is 19.3 Å². The van der Waals surface area contributed by atoms with Gasteiger partial charge < -0.3 is 20.5 Å². The molecule has 2 aromatic heterocycles. The second kappa shape index (κ2) is 9.38. The smallest absolute Gasteiger partial charge is 0.260 e. The molecule has 1 fully saturated rings. The molecule has 2 atom stereocenters. The van der Waals surface area contributed by atoms with E-state index in [4.69, 9.17) is 27.1 Å². The van der Waals surface area contributed by atoms with Gasteiger partial charge in [-0.2, -0.15) is 0 Å². The summed E-state index contributed by atoms with van der Waals surface area (Å²) in [4.78, 5) is 23.8. The zero-order valence-electron chi connectivity index (χ0n) is 19.7. The lowest BCUT2D eigenvalue weighted by molar-refractivity contribution is 0.0464. The minimum absolute atomic E-state index is 0.130. The number of aliphatic hydroxyl groups excluding tert-OH is 1. The first-order valence-electron chi connectivity index (χ1n) is 11.3. The van der Waals surface area contributed by atoms with Gasteiger partial charge in [0.2, 0.25) is 0 Å². The van der Waals surface area contributed by atoms with Gasteiger partial charge in [0.15, 0.2) is 5.82 Å². The number of amides is 1. The maximum absolute atomic E-state index is 15.4. The number of nitrogen functional groups attached to an aromatic ring is 1. The standard InChI is InChI=1S/C24H29ClFN5O3/c1-12(2)34-21-16(13(3)23-29-14(4)20-22(27)28-7-9-31(20)23)10-17(25)19(26)18(21)24(33)30-8-5-6-15(32)11-30/h7,9-10,12-13,15,32H,5-6,8,11H2,1-4H3,(H2,27,28)/t13?,15-/m0/s1. The van der Waals surface area contributed by atoms with E-state index in [0.717, 1.165) is 0 Å².